The van der Waals surface area contributed by atoms with Crippen molar-refractivity contribution in [2.45, 2.75) is 12.7 Å². The van der Waals surface area contributed by atoms with Gasteiger partial charge in [0.25, 0.3) is 5.91 Å². The Morgan fingerprint density at radius 1 is 1.11 bits per heavy atom. The van der Waals surface area contributed by atoms with Crippen molar-refractivity contribution in [1.29, 1.82) is 0 Å². The number of nitrogens with one attached hydrogen (secondary N) is 1. The molecule has 0 saturated carbocycles. The van der Waals surface area contributed by atoms with E-state index in [2.05, 4.69) is 20.0 Å². The maximum Gasteiger partial charge on any atom is 0.471 e. The van der Waals surface area contributed by atoms with Crippen LogP contribution in [0.5, 0.6) is 0 Å². The summed E-state index contributed by atoms with van der Waals surface area (Å²) in [5.74, 6) is -1.96. The minimum atomic E-state index is -4.70. The monoisotopic (exact) mass is 415 g/mol. The molecule has 0 fully saturated rings. The molecule has 10 heteroatoms. The standard InChI is InChI=1S/C17H10Cl2F3N3O2/c18-11-5-6-12(13(19)7-11)15(26)23-8-9-1-3-10(4-2-9)14-24-16(27-25-14)17(20,21)22/h1-7H,8H2,(H,23,26). The van der Waals surface area contributed by atoms with Gasteiger partial charge in [-0.05, 0) is 23.8 Å². The molecule has 1 aromatic heterocycles. The van der Waals surface area contributed by atoms with E-state index in [1.54, 1.807) is 18.2 Å². The van der Waals surface area contributed by atoms with Crippen molar-refractivity contribution >= 4 is 29.1 Å². The maximum atomic E-state index is 12.5. The van der Waals surface area contributed by atoms with Crippen LogP contribution < -0.4 is 5.32 Å². The van der Waals surface area contributed by atoms with Crippen LogP contribution in [0.15, 0.2) is 47.0 Å². The van der Waals surface area contributed by atoms with Crippen molar-refractivity contribution in [3.63, 3.8) is 0 Å². The van der Waals surface area contributed by atoms with Crippen molar-refractivity contribution in [2.24, 2.45) is 0 Å². The summed E-state index contributed by atoms with van der Waals surface area (Å²) in [6.07, 6.45) is -4.70. The van der Waals surface area contributed by atoms with E-state index < -0.39 is 12.1 Å². The maximum absolute atomic E-state index is 12.5. The number of alkyl halides is 3. The number of hydrogen-bond donors (Lipinski definition) is 1. The van der Waals surface area contributed by atoms with Crippen molar-refractivity contribution in [3.8, 4) is 11.4 Å². The number of hydrogen-bond acceptors (Lipinski definition) is 4. The molecule has 5 nitrogen and oxygen atoms in total. The molecule has 1 amide bonds. The fraction of sp³-hybridized carbons (Fsp3) is 0.118. The molecule has 0 aliphatic rings. The highest BCUT2D eigenvalue weighted by Gasteiger charge is 2.38. The molecule has 3 aromatic rings. The van der Waals surface area contributed by atoms with Crippen molar-refractivity contribution < 1.29 is 22.5 Å². The zero-order chi connectivity index (χ0) is 19.6. The van der Waals surface area contributed by atoms with Gasteiger partial charge in [-0.3, -0.25) is 4.79 Å². The van der Waals surface area contributed by atoms with Gasteiger partial charge in [0.15, 0.2) is 0 Å². The Kier molecular flexibility index (Phi) is 5.38. The molecule has 0 aliphatic heterocycles. The molecule has 0 spiro atoms. The van der Waals surface area contributed by atoms with Crippen molar-refractivity contribution in [3.05, 3.63) is 69.5 Å². The first-order valence-electron chi connectivity index (χ1n) is 7.47. The first-order chi connectivity index (χ1) is 12.7. The third kappa shape index (κ3) is 4.58. The minimum Gasteiger partial charge on any atom is -0.348 e. The Hall–Kier alpha value is -2.58. The van der Waals surface area contributed by atoms with E-state index in [-0.39, 0.29) is 28.9 Å². The van der Waals surface area contributed by atoms with Crippen LogP contribution in [-0.4, -0.2) is 16.0 Å². The van der Waals surface area contributed by atoms with Crippen molar-refractivity contribution in [1.82, 2.24) is 15.5 Å². The zero-order valence-corrected chi connectivity index (χ0v) is 14.9. The SMILES string of the molecule is O=C(NCc1ccc(-c2noc(C(F)(F)F)n2)cc1)c1ccc(Cl)cc1Cl. The molecule has 2 aromatic carbocycles. The van der Waals surface area contributed by atoms with Gasteiger partial charge in [-0.1, -0.05) is 52.6 Å². The molecule has 1 N–H and O–H groups in total. The number of aromatic nitrogens is 2. The number of halogens is 5. The topological polar surface area (TPSA) is 68.0 Å². The van der Waals surface area contributed by atoms with Crippen LogP contribution in [0.25, 0.3) is 11.4 Å². The first-order valence-corrected chi connectivity index (χ1v) is 8.23. The Balaban J connectivity index is 1.65. The van der Waals surface area contributed by atoms with Gasteiger partial charge in [0.2, 0.25) is 5.82 Å². The summed E-state index contributed by atoms with van der Waals surface area (Å²) in [6, 6.07) is 10.8. The van der Waals surface area contributed by atoms with E-state index in [0.29, 0.717) is 10.6 Å². The van der Waals surface area contributed by atoms with Gasteiger partial charge in [0.05, 0.1) is 10.6 Å². The van der Waals surface area contributed by atoms with Gasteiger partial charge in [-0.15, -0.1) is 0 Å². The second-order valence-electron chi connectivity index (χ2n) is 5.42. The lowest BCUT2D eigenvalue weighted by Gasteiger charge is -2.07. The van der Waals surface area contributed by atoms with E-state index >= 15 is 0 Å². The van der Waals surface area contributed by atoms with Gasteiger partial charge in [-0.2, -0.15) is 18.2 Å². The predicted octanol–water partition coefficient (Wildman–Crippen LogP) is 4.99. The smallest absolute Gasteiger partial charge is 0.348 e. The molecular weight excluding hydrogens is 406 g/mol. The number of carbonyl (C=O) groups excluding carboxylic acids is 1. The average Bonchev–Trinajstić information content (AvgIpc) is 3.10. The Labute approximate surface area is 161 Å². The highest BCUT2D eigenvalue weighted by Crippen LogP contribution is 2.29. The van der Waals surface area contributed by atoms with E-state index in [1.807, 2.05) is 0 Å². The van der Waals surface area contributed by atoms with Crippen LogP contribution >= 0.6 is 23.2 Å². The molecule has 0 saturated heterocycles. The fourth-order valence-electron chi connectivity index (χ4n) is 2.18. The lowest BCUT2D eigenvalue weighted by molar-refractivity contribution is -0.159. The summed E-state index contributed by atoms with van der Waals surface area (Å²) in [6.45, 7) is 0.193. The van der Waals surface area contributed by atoms with E-state index in [1.165, 1.54) is 24.3 Å². The van der Waals surface area contributed by atoms with Gasteiger partial charge >= 0.3 is 12.1 Å². The van der Waals surface area contributed by atoms with Crippen LogP contribution in [0, 0.1) is 0 Å². The zero-order valence-electron chi connectivity index (χ0n) is 13.3. The molecule has 0 aliphatic carbocycles. The van der Waals surface area contributed by atoms with E-state index in [0.717, 1.165) is 5.56 Å². The molecule has 0 atom stereocenters. The number of carbonyl (C=O) groups is 1. The summed E-state index contributed by atoms with van der Waals surface area (Å²) in [5, 5.41) is 6.65. The van der Waals surface area contributed by atoms with Gasteiger partial charge < -0.3 is 9.84 Å². The Bertz CT molecular complexity index is 972. The highest BCUT2D eigenvalue weighted by atomic mass is 35.5. The quantitative estimate of drug-likeness (QED) is 0.651. The summed E-state index contributed by atoms with van der Waals surface area (Å²) >= 11 is 11.8. The summed E-state index contributed by atoms with van der Waals surface area (Å²) in [4.78, 5) is 15.5. The molecule has 27 heavy (non-hydrogen) atoms. The first kappa shape index (κ1) is 19.2. The molecular formula is C17H10Cl2F3N3O2. The van der Waals surface area contributed by atoms with Crippen LogP contribution in [0.2, 0.25) is 10.0 Å². The van der Waals surface area contributed by atoms with Gasteiger partial charge in [0.1, 0.15) is 0 Å². The number of benzene rings is 2. The second-order valence-corrected chi connectivity index (χ2v) is 6.27. The van der Waals surface area contributed by atoms with E-state index in [9.17, 15) is 18.0 Å². The molecule has 0 unspecified atom stereocenters. The highest BCUT2D eigenvalue weighted by molar-refractivity contribution is 6.36. The van der Waals surface area contributed by atoms with E-state index in [4.69, 9.17) is 23.2 Å². The summed E-state index contributed by atoms with van der Waals surface area (Å²) in [5.41, 5.74) is 1.35. The van der Waals surface area contributed by atoms with Crippen LogP contribution in [0.3, 0.4) is 0 Å². The summed E-state index contributed by atoms with van der Waals surface area (Å²) in [7, 11) is 0. The molecule has 0 radical (unpaired) electrons. The van der Waals surface area contributed by atoms with Crippen LogP contribution in [0.1, 0.15) is 21.8 Å². The molecule has 3 rings (SSSR count). The third-order valence-corrected chi connectivity index (χ3v) is 4.06. The molecule has 1 heterocycles. The Morgan fingerprint density at radius 2 is 1.81 bits per heavy atom. The fourth-order valence-corrected chi connectivity index (χ4v) is 2.67. The Morgan fingerprint density at radius 3 is 2.41 bits per heavy atom. The second kappa shape index (κ2) is 7.58. The third-order valence-electron chi connectivity index (χ3n) is 3.51. The molecule has 140 valence electrons. The number of amides is 1. The van der Waals surface area contributed by atoms with Gasteiger partial charge in [-0.25, -0.2) is 0 Å². The predicted molar refractivity (Wildman–Crippen MR) is 92.4 cm³/mol. The van der Waals surface area contributed by atoms with Crippen LogP contribution in [-0.2, 0) is 12.7 Å². The largest absolute Gasteiger partial charge is 0.471 e. The minimum absolute atomic E-state index is 0.175. The number of rotatable bonds is 4. The lowest BCUT2D eigenvalue weighted by Crippen LogP contribution is -2.23. The normalized spacial score (nSPS) is 11.4. The van der Waals surface area contributed by atoms with Crippen molar-refractivity contribution in [2.75, 3.05) is 0 Å². The molecule has 0 bridgehead atoms. The van der Waals surface area contributed by atoms with Gasteiger partial charge in [0, 0.05) is 17.1 Å². The average molecular weight is 416 g/mol. The van der Waals surface area contributed by atoms with Crippen LogP contribution in [0.4, 0.5) is 13.2 Å². The number of nitrogens with zero attached hydrogens (tertiary/aromatic N) is 2. The summed E-state index contributed by atoms with van der Waals surface area (Å²) < 4.78 is 41.7. The lowest BCUT2D eigenvalue weighted by atomic mass is 10.1.